The summed E-state index contributed by atoms with van der Waals surface area (Å²) in [6.45, 7) is 10.8. The summed E-state index contributed by atoms with van der Waals surface area (Å²) in [5.74, 6) is -3.60. The van der Waals surface area contributed by atoms with Gasteiger partial charge in [-0.15, -0.1) is 0 Å². The van der Waals surface area contributed by atoms with Crippen molar-refractivity contribution in [3.8, 4) is 5.75 Å². The van der Waals surface area contributed by atoms with E-state index < -0.39 is 23.2 Å². The minimum atomic E-state index is -1.04. The van der Waals surface area contributed by atoms with E-state index in [-0.39, 0.29) is 0 Å². The number of halogens is 3. The van der Waals surface area contributed by atoms with Crippen molar-refractivity contribution in [2.75, 3.05) is 60.0 Å². The van der Waals surface area contributed by atoms with E-state index in [0.29, 0.717) is 64.8 Å². The predicted octanol–water partition coefficient (Wildman–Crippen LogP) is 4.19. The van der Waals surface area contributed by atoms with Crippen molar-refractivity contribution >= 4 is 6.29 Å². The normalized spacial score (nSPS) is 9.83. The molecule has 0 N–H and O–H groups in total. The van der Waals surface area contributed by atoms with Crippen molar-refractivity contribution in [1.82, 2.24) is 0 Å². The molecule has 1 rings (SSSR count). The first kappa shape index (κ1) is 30.5. The Kier molecular flexibility index (Phi) is 24.0. The second kappa shape index (κ2) is 23.6. The van der Waals surface area contributed by atoms with Crippen LogP contribution in [0.3, 0.4) is 0 Å². The Bertz CT molecular complexity index is 495. The lowest BCUT2D eigenvalue weighted by atomic mass is 10.3. The molecule has 0 amide bonds. The highest BCUT2D eigenvalue weighted by molar-refractivity contribution is 5.49. The molecule has 0 aliphatic carbocycles. The summed E-state index contributed by atoms with van der Waals surface area (Å²) in [6, 6.07) is 1.11. The monoisotopic (exact) mass is 440 g/mol. The third kappa shape index (κ3) is 18.4. The molecule has 0 radical (unpaired) electrons. The fourth-order valence-corrected chi connectivity index (χ4v) is 1.76. The number of rotatable bonds is 15. The number of benzene rings is 1. The first-order valence-electron chi connectivity index (χ1n) is 9.99. The van der Waals surface area contributed by atoms with Gasteiger partial charge in [-0.25, -0.2) is 13.2 Å². The highest BCUT2D eigenvalue weighted by Gasteiger charge is 2.10. The van der Waals surface area contributed by atoms with Gasteiger partial charge in [-0.2, -0.15) is 0 Å². The van der Waals surface area contributed by atoms with Crippen LogP contribution in [-0.4, -0.2) is 66.3 Å². The maximum Gasteiger partial charge on any atom is 0.190 e. The van der Waals surface area contributed by atoms with Crippen LogP contribution in [0.25, 0.3) is 0 Å². The molecule has 1 aromatic carbocycles. The quantitative estimate of drug-likeness (QED) is 0.301. The Balaban J connectivity index is 0. The minimum absolute atomic E-state index is 0.445. The van der Waals surface area contributed by atoms with Crippen molar-refractivity contribution in [3.63, 3.8) is 0 Å². The third-order valence-corrected chi connectivity index (χ3v) is 3.01. The molecule has 30 heavy (non-hydrogen) atoms. The van der Waals surface area contributed by atoms with Crippen LogP contribution >= 0.6 is 0 Å². The van der Waals surface area contributed by atoms with E-state index in [0.717, 1.165) is 26.4 Å². The lowest BCUT2D eigenvalue weighted by molar-refractivity contribution is -0.108. The summed E-state index contributed by atoms with van der Waals surface area (Å²) < 4.78 is 62.5. The Labute approximate surface area is 177 Å². The molecule has 176 valence electrons. The van der Waals surface area contributed by atoms with Gasteiger partial charge in [0, 0.05) is 25.2 Å². The SMILES string of the molecule is CC.CCCOCCOCCOCCOCCC=O.COc1c(F)cc(F)cc1F. The number of ether oxygens (including phenoxy) is 5. The molecule has 0 aliphatic rings. The zero-order chi connectivity index (χ0) is 23.0. The molecule has 0 aromatic heterocycles. The third-order valence-electron chi connectivity index (χ3n) is 3.01. The fourth-order valence-electron chi connectivity index (χ4n) is 1.76. The number of aldehydes is 1. The van der Waals surface area contributed by atoms with Crippen molar-refractivity contribution in [2.24, 2.45) is 0 Å². The van der Waals surface area contributed by atoms with E-state index in [1.165, 1.54) is 0 Å². The molecule has 1 aromatic rings. The highest BCUT2D eigenvalue weighted by atomic mass is 19.1. The van der Waals surface area contributed by atoms with Gasteiger partial charge in [-0.3, -0.25) is 0 Å². The van der Waals surface area contributed by atoms with E-state index in [1.807, 2.05) is 13.8 Å². The maximum absolute atomic E-state index is 12.5. The lowest BCUT2D eigenvalue weighted by Gasteiger charge is -2.06. The minimum Gasteiger partial charge on any atom is -0.491 e. The van der Waals surface area contributed by atoms with Crippen LogP contribution in [0, 0.1) is 17.5 Å². The molecule has 0 heterocycles. The van der Waals surface area contributed by atoms with Crippen LogP contribution in [0.5, 0.6) is 5.75 Å². The highest BCUT2D eigenvalue weighted by Crippen LogP contribution is 2.21. The molecule has 0 bridgehead atoms. The van der Waals surface area contributed by atoms with Gasteiger partial charge in [-0.05, 0) is 6.42 Å². The molecule has 9 heteroatoms. The van der Waals surface area contributed by atoms with Gasteiger partial charge < -0.3 is 28.5 Å². The van der Waals surface area contributed by atoms with Crippen molar-refractivity contribution in [3.05, 3.63) is 29.6 Å². The Morgan fingerprint density at radius 3 is 1.53 bits per heavy atom. The summed E-state index contributed by atoms with van der Waals surface area (Å²) in [5.41, 5.74) is 0. The summed E-state index contributed by atoms with van der Waals surface area (Å²) in [5, 5.41) is 0. The molecule has 0 atom stereocenters. The van der Waals surface area contributed by atoms with Gasteiger partial charge >= 0.3 is 0 Å². The maximum atomic E-state index is 12.5. The van der Waals surface area contributed by atoms with Gasteiger partial charge in [0.1, 0.15) is 12.1 Å². The van der Waals surface area contributed by atoms with Crippen molar-refractivity contribution < 1.29 is 41.7 Å². The Hall–Kier alpha value is -1.68. The number of hydrogen-bond donors (Lipinski definition) is 0. The molecule has 0 saturated heterocycles. The van der Waals surface area contributed by atoms with Crippen LogP contribution in [0.2, 0.25) is 0 Å². The first-order chi connectivity index (χ1) is 14.6. The van der Waals surface area contributed by atoms with Gasteiger partial charge in [-0.1, -0.05) is 20.8 Å². The zero-order valence-corrected chi connectivity index (χ0v) is 18.4. The predicted molar refractivity (Wildman–Crippen MR) is 108 cm³/mol. The molecule has 0 fully saturated rings. The number of methoxy groups -OCH3 is 1. The molecular formula is C21H35F3O6. The number of carbonyl (C=O) groups is 1. The lowest BCUT2D eigenvalue weighted by Crippen LogP contribution is -2.12. The van der Waals surface area contributed by atoms with Gasteiger partial charge in [0.05, 0.1) is 53.4 Å². The summed E-state index contributed by atoms with van der Waals surface area (Å²) >= 11 is 0. The molecule has 6 nitrogen and oxygen atoms in total. The molecule has 0 aliphatic heterocycles. The standard InChI is InChI=1S/C12H24O5.C7H5F3O.C2H6/c1-2-5-14-7-9-16-11-12-17-10-8-15-6-3-4-13;1-11-7-5(9)2-4(8)3-6(7)10;1-2/h4H,2-3,5-12H2,1H3;2-3H,1H3;1-2H3. The summed E-state index contributed by atoms with van der Waals surface area (Å²) in [6.07, 6.45) is 2.32. The summed E-state index contributed by atoms with van der Waals surface area (Å²) in [7, 11) is 1.11. The molecule has 0 spiro atoms. The Morgan fingerprint density at radius 2 is 1.17 bits per heavy atom. The fraction of sp³-hybridized carbons (Fsp3) is 0.667. The van der Waals surface area contributed by atoms with Crippen LogP contribution < -0.4 is 4.74 Å². The topological polar surface area (TPSA) is 63.2 Å². The van der Waals surface area contributed by atoms with E-state index in [2.05, 4.69) is 11.7 Å². The molecule has 0 saturated carbocycles. The van der Waals surface area contributed by atoms with E-state index in [4.69, 9.17) is 18.9 Å². The van der Waals surface area contributed by atoms with Crippen LogP contribution in [-0.2, 0) is 23.7 Å². The smallest absolute Gasteiger partial charge is 0.190 e. The van der Waals surface area contributed by atoms with E-state index >= 15 is 0 Å². The number of hydrogen-bond acceptors (Lipinski definition) is 6. The second-order valence-electron chi connectivity index (χ2n) is 5.31. The largest absolute Gasteiger partial charge is 0.491 e. The van der Waals surface area contributed by atoms with Gasteiger partial charge in [0.2, 0.25) is 0 Å². The number of carbonyl (C=O) groups excluding carboxylic acids is 1. The van der Waals surface area contributed by atoms with E-state index in [1.54, 1.807) is 0 Å². The zero-order valence-electron chi connectivity index (χ0n) is 18.4. The van der Waals surface area contributed by atoms with E-state index in [9.17, 15) is 18.0 Å². The van der Waals surface area contributed by atoms with Crippen LogP contribution in [0.1, 0.15) is 33.6 Å². The molecular weight excluding hydrogens is 405 g/mol. The van der Waals surface area contributed by atoms with Gasteiger partial charge in [0.15, 0.2) is 17.4 Å². The van der Waals surface area contributed by atoms with Crippen LogP contribution in [0.15, 0.2) is 12.1 Å². The molecule has 0 unspecified atom stereocenters. The second-order valence-corrected chi connectivity index (χ2v) is 5.31. The summed E-state index contributed by atoms with van der Waals surface area (Å²) in [4.78, 5) is 9.97. The average molecular weight is 440 g/mol. The average Bonchev–Trinajstić information content (AvgIpc) is 2.73. The Morgan fingerprint density at radius 1 is 0.767 bits per heavy atom. The van der Waals surface area contributed by atoms with Crippen molar-refractivity contribution in [2.45, 2.75) is 33.6 Å². The van der Waals surface area contributed by atoms with Crippen molar-refractivity contribution in [1.29, 1.82) is 0 Å². The van der Waals surface area contributed by atoms with Gasteiger partial charge in [0.25, 0.3) is 0 Å². The first-order valence-corrected chi connectivity index (χ1v) is 9.99. The van der Waals surface area contributed by atoms with Crippen LogP contribution in [0.4, 0.5) is 13.2 Å².